The van der Waals surface area contributed by atoms with E-state index < -0.39 is 165 Å². The van der Waals surface area contributed by atoms with Gasteiger partial charge in [0.1, 0.15) is 49.8 Å². The van der Waals surface area contributed by atoms with E-state index in [1.165, 1.54) is 97.1 Å². The zero-order valence-corrected chi connectivity index (χ0v) is 54.2. The first-order valence-corrected chi connectivity index (χ1v) is 32.3. The number of ether oxygens (including phenoxy) is 15. The van der Waals surface area contributed by atoms with Gasteiger partial charge in [-0.25, -0.2) is 38.4 Å². The molecule has 4 aliphatic rings. The van der Waals surface area contributed by atoms with Crippen LogP contribution in [0, 0.1) is 0 Å². The van der Waals surface area contributed by atoms with Crippen molar-refractivity contribution in [2.45, 2.75) is 112 Å². The van der Waals surface area contributed by atoms with Gasteiger partial charge in [-0.2, -0.15) is 0 Å². The molecule has 101 heavy (non-hydrogen) atoms. The van der Waals surface area contributed by atoms with Gasteiger partial charge < -0.3 is 76.2 Å². The van der Waals surface area contributed by atoms with E-state index >= 15 is 0 Å². The van der Waals surface area contributed by atoms with E-state index in [-0.39, 0.29) is 44.5 Å². The average Bonchev–Trinajstić information content (AvgIpc) is 1.68. The summed E-state index contributed by atoms with van der Waals surface area (Å²) < 4.78 is 95.3. The third-order valence-electron chi connectivity index (χ3n) is 16.6. The topological polar surface area (TPSA) is 295 Å². The van der Waals surface area contributed by atoms with Gasteiger partial charge in [-0.1, -0.05) is 146 Å². The summed E-state index contributed by atoms with van der Waals surface area (Å²) in [5.41, 5.74) is 0.399. The minimum Gasteiger partial charge on any atom is -0.459 e. The van der Waals surface area contributed by atoms with E-state index in [2.05, 4.69) is 0 Å². The summed E-state index contributed by atoms with van der Waals surface area (Å²) in [6.45, 7) is 0.859. The molecule has 1 N–H and O–H groups in total. The van der Waals surface area contributed by atoms with Crippen molar-refractivity contribution in [3.8, 4) is 0 Å². The number of benzene rings is 8. The molecule has 520 valence electrons. The van der Waals surface area contributed by atoms with Gasteiger partial charge in [0.25, 0.3) is 0 Å². The summed E-state index contributed by atoms with van der Waals surface area (Å²) in [7, 11) is 0. The second-order valence-electron chi connectivity index (χ2n) is 24.0. The second kappa shape index (κ2) is 32.5. The molecule has 4 aliphatic heterocycles. The molecule has 8 aromatic rings. The maximum absolute atomic E-state index is 14.6. The normalized spacial score (nSPS) is 25.1. The van der Waals surface area contributed by atoms with Crippen molar-refractivity contribution in [3.05, 3.63) is 287 Å². The van der Waals surface area contributed by atoms with E-state index in [0.717, 1.165) is 0 Å². The lowest BCUT2D eigenvalue weighted by atomic mass is 9.97. The Bertz CT molecular complexity index is 4120. The van der Waals surface area contributed by atoms with Gasteiger partial charge in [-0.3, -0.25) is 0 Å². The van der Waals surface area contributed by atoms with Crippen molar-refractivity contribution in [1.29, 1.82) is 0 Å². The number of aliphatic hydroxyl groups is 1. The van der Waals surface area contributed by atoms with Crippen LogP contribution in [0.2, 0.25) is 0 Å². The summed E-state index contributed by atoms with van der Waals surface area (Å²) in [5.74, 6) is -8.96. The summed E-state index contributed by atoms with van der Waals surface area (Å²) in [5, 5.41) is 12.8. The molecule has 0 bridgehead atoms. The van der Waals surface area contributed by atoms with Gasteiger partial charge in [0.15, 0.2) is 61.3 Å². The molecular formula is C77H68O24. The zero-order valence-electron chi connectivity index (χ0n) is 54.2. The van der Waals surface area contributed by atoms with Crippen LogP contribution < -0.4 is 0 Å². The number of esters is 8. The summed E-state index contributed by atoms with van der Waals surface area (Å²) in [6.07, 6.45) is -26.1. The first-order chi connectivity index (χ1) is 49.0. The molecule has 0 amide bonds. The standard InChI is InChI=1S/C77H68O24/c1-77(2)100-65-60(99-75-64(97-73(86)53-41-25-10-26-42-53)62(95-71(84)51-37-21-8-22-38-51)59(93-69(82)49-33-17-6-18-34-49)56(91-75)45-88-67(80)47-29-13-4-14-30-47)57(98-76(65)101-77)54(78)43-89-74-63(96-72(85)52-39-23-9-24-40-52)61(94-70(83)50-35-19-7-20-36-50)58(92-68(81)48-31-15-5-16-32-48)55(90-74)44-87-66(79)46-27-11-3-12-28-46/h3-42,54-65,74-76,78H,43-45H2,1-2H3/t54-,55-,56-,57-,58-,59-,60-,61+,62+,63-,64-,65-,74-,75+,76-/m1/s1. The quantitative estimate of drug-likeness (QED) is 0.0435. The van der Waals surface area contributed by atoms with Crippen molar-refractivity contribution in [2.24, 2.45) is 0 Å². The Morgan fingerprint density at radius 1 is 0.347 bits per heavy atom. The van der Waals surface area contributed by atoms with E-state index in [4.69, 9.17) is 71.1 Å². The smallest absolute Gasteiger partial charge is 0.338 e. The Labute approximate surface area is 578 Å². The van der Waals surface area contributed by atoms with Crippen molar-refractivity contribution >= 4 is 47.8 Å². The number of carbonyl (C=O) groups is 8. The maximum atomic E-state index is 14.6. The minimum atomic E-state index is -1.97. The highest BCUT2D eigenvalue weighted by molar-refractivity contribution is 5.93. The molecule has 4 saturated heterocycles. The fraction of sp³-hybridized carbons (Fsp3) is 0.273. The Morgan fingerprint density at radius 3 is 0.950 bits per heavy atom. The highest BCUT2D eigenvalue weighted by Gasteiger charge is 2.62. The minimum absolute atomic E-state index is 0.00662. The number of aliphatic hydroxyl groups excluding tert-OH is 1. The third-order valence-corrected chi connectivity index (χ3v) is 16.6. The molecule has 12 rings (SSSR count). The van der Waals surface area contributed by atoms with Crippen molar-refractivity contribution in [3.63, 3.8) is 0 Å². The molecule has 24 heteroatoms. The van der Waals surface area contributed by atoms with E-state index in [0.29, 0.717) is 0 Å². The van der Waals surface area contributed by atoms with Gasteiger partial charge in [0.2, 0.25) is 0 Å². The summed E-state index contributed by atoms with van der Waals surface area (Å²) >= 11 is 0. The molecule has 8 aromatic carbocycles. The SMILES string of the molecule is CC1(C)O[C@H]2O[C@H]([C@H](O)CO[C@@H]3O[C@H](COC(=O)c4ccccc4)[C@@H](OC(=O)c4ccccc4)[C@H](OC(=O)c4ccccc4)[C@H]3OC(=O)c3ccccc3)[C@@H](O[C@@H]3O[C@H](COC(=O)c4ccccc4)[C@@H](OC(=O)c4ccccc4)[C@H](OC(=O)c4ccccc4)[C@H]3OC(=O)c3ccccc3)[C@H]2O1. The van der Waals surface area contributed by atoms with Gasteiger partial charge >= 0.3 is 47.8 Å². The molecule has 0 unspecified atom stereocenters. The molecule has 0 saturated carbocycles. The lowest BCUT2D eigenvalue weighted by molar-refractivity contribution is -0.325. The Balaban J connectivity index is 0.916. The Hall–Kier alpha value is -10.8. The molecule has 4 fully saturated rings. The first-order valence-electron chi connectivity index (χ1n) is 32.3. The summed E-state index contributed by atoms with van der Waals surface area (Å²) in [4.78, 5) is 114. The zero-order chi connectivity index (χ0) is 70.4. The molecule has 0 spiro atoms. The summed E-state index contributed by atoms with van der Waals surface area (Å²) in [6, 6.07) is 62.3. The molecule has 4 heterocycles. The molecule has 0 aliphatic carbocycles. The van der Waals surface area contributed by atoms with Crippen LogP contribution in [0.1, 0.15) is 96.7 Å². The van der Waals surface area contributed by atoms with Crippen molar-refractivity contribution in [1.82, 2.24) is 0 Å². The highest BCUT2D eigenvalue weighted by Crippen LogP contribution is 2.43. The number of hydrogen-bond acceptors (Lipinski definition) is 24. The van der Waals surface area contributed by atoms with Gasteiger partial charge in [0, 0.05) is 0 Å². The first kappa shape index (κ1) is 70.1. The lowest BCUT2D eigenvalue weighted by Crippen LogP contribution is -2.64. The fourth-order valence-corrected chi connectivity index (χ4v) is 11.7. The molecule has 15 atom stereocenters. The molecular weight excluding hydrogens is 1310 g/mol. The van der Waals surface area contributed by atoms with Crippen LogP contribution in [0.5, 0.6) is 0 Å². The highest BCUT2D eigenvalue weighted by atomic mass is 16.9. The monoisotopic (exact) mass is 1380 g/mol. The largest absolute Gasteiger partial charge is 0.459 e. The van der Waals surface area contributed by atoms with Crippen LogP contribution in [0.3, 0.4) is 0 Å². The Kier molecular flexibility index (Phi) is 22.5. The lowest BCUT2D eigenvalue weighted by Gasteiger charge is -2.45. The maximum Gasteiger partial charge on any atom is 0.338 e. The molecule has 0 radical (unpaired) electrons. The molecule has 0 aromatic heterocycles. The predicted molar refractivity (Wildman–Crippen MR) is 350 cm³/mol. The van der Waals surface area contributed by atoms with Gasteiger partial charge in [0.05, 0.1) is 51.1 Å². The average molecular weight is 1380 g/mol. The van der Waals surface area contributed by atoms with Gasteiger partial charge in [-0.15, -0.1) is 0 Å². The van der Waals surface area contributed by atoms with Crippen molar-refractivity contribution in [2.75, 3.05) is 19.8 Å². The van der Waals surface area contributed by atoms with Crippen LogP contribution in [0.4, 0.5) is 0 Å². The van der Waals surface area contributed by atoms with Crippen LogP contribution >= 0.6 is 0 Å². The van der Waals surface area contributed by atoms with E-state index in [9.17, 15) is 43.5 Å². The van der Waals surface area contributed by atoms with Crippen LogP contribution in [0.25, 0.3) is 0 Å². The number of fused-ring (bicyclic) bond motifs is 1. The number of hydrogen-bond donors (Lipinski definition) is 1. The number of carbonyl (C=O) groups excluding carboxylic acids is 8. The fourth-order valence-electron chi connectivity index (χ4n) is 11.7. The van der Waals surface area contributed by atoms with Gasteiger partial charge in [-0.05, 0) is 111 Å². The third kappa shape index (κ3) is 17.3. The second-order valence-corrected chi connectivity index (χ2v) is 24.0. The number of rotatable bonds is 24. The van der Waals surface area contributed by atoms with Crippen LogP contribution in [-0.2, 0) is 71.1 Å². The predicted octanol–water partition coefficient (Wildman–Crippen LogP) is 9.14. The van der Waals surface area contributed by atoms with E-state index in [1.807, 2.05) is 0 Å². The molecule has 24 nitrogen and oxygen atoms in total. The Morgan fingerprint density at radius 2 is 0.624 bits per heavy atom. The van der Waals surface area contributed by atoms with Crippen LogP contribution in [-0.4, -0.2) is 171 Å². The van der Waals surface area contributed by atoms with Crippen molar-refractivity contribution < 1.29 is 115 Å². The van der Waals surface area contributed by atoms with E-state index in [1.54, 1.807) is 159 Å². The van der Waals surface area contributed by atoms with Crippen LogP contribution in [0.15, 0.2) is 243 Å².